The molecule has 0 atom stereocenters. The van der Waals surface area contributed by atoms with Gasteiger partial charge in [-0.3, -0.25) is 10.1 Å². The van der Waals surface area contributed by atoms with Gasteiger partial charge < -0.3 is 4.57 Å². The van der Waals surface area contributed by atoms with E-state index in [-0.39, 0.29) is 10.6 Å². The summed E-state index contributed by atoms with van der Waals surface area (Å²) >= 11 is 0. The molecule has 2 aromatic rings. The molecular weight excluding hydrogens is 218 g/mol. The lowest BCUT2D eigenvalue weighted by molar-refractivity contribution is -0.385. The molecule has 1 aromatic heterocycles. The van der Waals surface area contributed by atoms with Crippen LogP contribution in [-0.2, 0) is 13.0 Å². The van der Waals surface area contributed by atoms with E-state index in [9.17, 15) is 10.1 Å². The second kappa shape index (κ2) is 4.78. The monoisotopic (exact) mass is 231 g/mol. The summed E-state index contributed by atoms with van der Waals surface area (Å²) < 4.78 is 1.98. The third-order valence-corrected chi connectivity index (χ3v) is 2.73. The number of rotatable bonds is 4. The molecule has 0 unspecified atom stereocenters. The third-order valence-electron chi connectivity index (χ3n) is 2.73. The third kappa shape index (κ3) is 2.50. The van der Waals surface area contributed by atoms with Crippen LogP contribution < -0.4 is 0 Å². The number of benzene rings is 1. The molecule has 88 valence electrons. The van der Waals surface area contributed by atoms with Crippen LogP contribution >= 0.6 is 0 Å². The molecule has 5 nitrogen and oxygen atoms in total. The zero-order valence-corrected chi connectivity index (χ0v) is 9.54. The normalized spacial score (nSPS) is 10.4. The van der Waals surface area contributed by atoms with E-state index < -0.39 is 0 Å². The van der Waals surface area contributed by atoms with Crippen LogP contribution in [0.4, 0.5) is 5.69 Å². The lowest BCUT2D eigenvalue weighted by Gasteiger charge is -2.05. The molecule has 17 heavy (non-hydrogen) atoms. The van der Waals surface area contributed by atoms with E-state index >= 15 is 0 Å². The maximum atomic E-state index is 10.8. The zero-order valence-electron chi connectivity index (χ0n) is 9.54. The summed E-state index contributed by atoms with van der Waals surface area (Å²) in [6, 6.07) is 6.84. The Kier molecular flexibility index (Phi) is 3.18. The quantitative estimate of drug-likeness (QED) is 0.599. The zero-order chi connectivity index (χ0) is 12.3. The van der Waals surface area contributed by atoms with Gasteiger partial charge in [0.1, 0.15) is 5.82 Å². The van der Waals surface area contributed by atoms with Crippen molar-refractivity contribution in [1.29, 1.82) is 0 Å². The summed E-state index contributed by atoms with van der Waals surface area (Å²) in [6.07, 6.45) is 4.24. The number of aromatic nitrogens is 2. The minimum atomic E-state index is -0.337. The molecule has 0 aliphatic rings. The number of imidazole rings is 1. The molecule has 0 radical (unpaired) electrons. The summed E-state index contributed by atoms with van der Waals surface area (Å²) in [5.74, 6) is 0.920. The van der Waals surface area contributed by atoms with Crippen LogP contribution in [0.15, 0.2) is 36.7 Å². The Morgan fingerprint density at radius 3 is 2.82 bits per heavy atom. The Bertz CT molecular complexity index is 534. The SMILES string of the molecule is Cc1nccn1CCc1ccccc1[N+](=O)[O-]. The van der Waals surface area contributed by atoms with Crippen molar-refractivity contribution in [2.24, 2.45) is 0 Å². The van der Waals surface area contributed by atoms with Gasteiger partial charge in [0.25, 0.3) is 5.69 Å². The first-order valence-corrected chi connectivity index (χ1v) is 5.38. The smallest absolute Gasteiger partial charge is 0.272 e. The van der Waals surface area contributed by atoms with E-state index in [1.807, 2.05) is 23.8 Å². The minimum Gasteiger partial charge on any atom is -0.335 e. The summed E-state index contributed by atoms with van der Waals surface area (Å²) in [5, 5.41) is 10.8. The van der Waals surface area contributed by atoms with Crippen LogP contribution in [0.5, 0.6) is 0 Å². The van der Waals surface area contributed by atoms with Crippen molar-refractivity contribution in [1.82, 2.24) is 9.55 Å². The van der Waals surface area contributed by atoms with E-state index in [2.05, 4.69) is 4.98 Å². The van der Waals surface area contributed by atoms with Crippen molar-refractivity contribution in [3.8, 4) is 0 Å². The van der Waals surface area contributed by atoms with Crippen molar-refractivity contribution in [2.75, 3.05) is 0 Å². The fraction of sp³-hybridized carbons (Fsp3) is 0.250. The molecule has 0 saturated carbocycles. The maximum Gasteiger partial charge on any atom is 0.272 e. The Morgan fingerprint density at radius 1 is 1.41 bits per heavy atom. The number of para-hydroxylation sites is 1. The second-order valence-corrected chi connectivity index (χ2v) is 3.80. The predicted octanol–water partition coefficient (Wildman–Crippen LogP) is 2.34. The van der Waals surface area contributed by atoms with Gasteiger partial charge in [-0.15, -0.1) is 0 Å². The van der Waals surface area contributed by atoms with E-state index in [1.165, 1.54) is 6.07 Å². The molecule has 0 fully saturated rings. The highest BCUT2D eigenvalue weighted by atomic mass is 16.6. The first-order chi connectivity index (χ1) is 8.18. The van der Waals surface area contributed by atoms with E-state index in [0.717, 1.165) is 11.4 Å². The summed E-state index contributed by atoms with van der Waals surface area (Å²) in [6.45, 7) is 2.62. The molecule has 0 aliphatic carbocycles. The molecule has 0 saturated heterocycles. The van der Waals surface area contributed by atoms with Gasteiger partial charge in [0.15, 0.2) is 0 Å². The molecule has 0 amide bonds. The van der Waals surface area contributed by atoms with Crippen LogP contribution in [0, 0.1) is 17.0 Å². The van der Waals surface area contributed by atoms with E-state index in [0.29, 0.717) is 13.0 Å². The van der Waals surface area contributed by atoms with Crippen molar-refractivity contribution in [2.45, 2.75) is 19.9 Å². The fourth-order valence-electron chi connectivity index (χ4n) is 1.78. The topological polar surface area (TPSA) is 61.0 Å². The minimum absolute atomic E-state index is 0.185. The molecule has 2 rings (SSSR count). The van der Waals surface area contributed by atoms with Gasteiger partial charge in [-0.05, 0) is 13.3 Å². The molecule has 1 heterocycles. The summed E-state index contributed by atoms with van der Waals surface area (Å²) in [7, 11) is 0. The Balaban J connectivity index is 2.14. The fourth-order valence-corrected chi connectivity index (χ4v) is 1.78. The van der Waals surface area contributed by atoms with Gasteiger partial charge in [-0.1, -0.05) is 18.2 Å². The molecule has 1 aromatic carbocycles. The highest BCUT2D eigenvalue weighted by molar-refractivity contribution is 5.39. The average Bonchev–Trinajstić information content (AvgIpc) is 2.72. The van der Waals surface area contributed by atoms with Gasteiger partial charge in [-0.25, -0.2) is 4.98 Å². The van der Waals surface area contributed by atoms with Crippen molar-refractivity contribution >= 4 is 5.69 Å². The number of hydrogen-bond acceptors (Lipinski definition) is 3. The van der Waals surface area contributed by atoms with Crippen LogP contribution in [0.1, 0.15) is 11.4 Å². The van der Waals surface area contributed by atoms with Crippen LogP contribution in [-0.4, -0.2) is 14.5 Å². The molecule has 0 aliphatic heterocycles. The molecular formula is C12H13N3O2. The molecule has 5 heteroatoms. The average molecular weight is 231 g/mol. The predicted molar refractivity (Wildman–Crippen MR) is 63.8 cm³/mol. The Morgan fingerprint density at radius 2 is 2.18 bits per heavy atom. The highest BCUT2D eigenvalue weighted by Crippen LogP contribution is 2.18. The van der Waals surface area contributed by atoms with Gasteiger partial charge in [0, 0.05) is 30.6 Å². The number of nitro benzene ring substituents is 1. The molecule has 0 bridgehead atoms. The number of nitro groups is 1. The van der Waals surface area contributed by atoms with Gasteiger partial charge >= 0.3 is 0 Å². The maximum absolute atomic E-state index is 10.8. The molecule has 0 N–H and O–H groups in total. The number of hydrogen-bond donors (Lipinski definition) is 0. The first-order valence-electron chi connectivity index (χ1n) is 5.38. The number of aryl methyl sites for hydroxylation is 3. The standard InChI is InChI=1S/C12H13N3O2/c1-10-13-7-9-14(10)8-6-11-4-2-3-5-12(11)15(16)17/h2-5,7,9H,6,8H2,1H3. The highest BCUT2D eigenvalue weighted by Gasteiger charge is 2.11. The van der Waals surface area contributed by atoms with Crippen LogP contribution in [0.3, 0.4) is 0 Å². The lowest BCUT2D eigenvalue weighted by Crippen LogP contribution is -2.04. The second-order valence-electron chi connectivity index (χ2n) is 3.80. The van der Waals surface area contributed by atoms with Crippen LogP contribution in [0.25, 0.3) is 0 Å². The molecule has 0 spiro atoms. The Hall–Kier alpha value is -2.17. The first kappa shape index (κ1) is 11.3. The summed E-state index contributed by atoms with van der Waals surface area (Å²) in [4.78, 5) is 14.6. The largest absolute Gasteiger partial charge is 0.335 e. The van der Waals surface area contributed by atoms with E-state index in [4.69, 9.17) is 0 Å². The lowest BCUT2D eigenvalue weighted by atomic mass is 10.1. The Labute approximate surface area is 98.9 Å². The van der Waals surface area contributed by atoms with Gasteiger partial charge in [-0.2, -0.15) is 0 Å². The van der Waals surface area contributed by atoms with Crippen molar-refractivity contribution in [3.63, 3.8) is 0 Å². The van der Waals surface area contributed by atoms with Gasteiger partial charge in [0.2, 0.25) is 0 Å². The van der Waals surface area contributed by atoms with Crippen molar-refractivity contribution < 1.29 is 4.92 Å². The van der Waals surface area contributed by atoms with E-state index in [1.54, 1.807) is 18.3 Å². The van der Waals surface area contributed by atoms with Gasteiger partial charge in [0.05, 0.1) is 4.92 Å². The van der Waals surface area contributed by atoms with Crippen LogP contribution in [0.2, 0.25) is 0 Å². The summed E-state index contributed by atoms with van der Waals surface area (Å²) in [5.41, 5.74) is 0.941. The number of nitrogens with zero attached hydrogens (tertiary/aromatic N) is 3. The van der Waals surface area contributed by atoms with Crippen molar-refractivity contribution in [3.05, 3.63) is 58.2 Å².